The van der Waals surface area contributed by atoms with Crippen LogP contribution in [0.4, 0.5) is 0 Å². The van der Waals surface area contributed by atoms with Crippen LogP contribution in [-0.2, 0) is 17.1 Å². The molecule has 5 heteroatoms. The molecule has 2 aromatic carbocycles. The van der Waals surface area contributed by atoms with Crippen molar-refractivity contribution in [2.75, 3.05) is 0 Å². The third-order valence-corrected chi connectivity index (χ3v) is 8.13. The molecule has 37 heavy (non-hydrogen) atoms. The summed E-state index contributed by atoms with van der Waals surface area (Å²) >= 11 is 0. The number of carbonyl (C=O) groups is 1. The fourth-order valence-electron chi connectivity index (χ4n) is 6.05. The van der Waals surface area contributed by atoms with E-state index in [-0.39, 0.29) is 24.1 Å². The number of benzene rings is 2. The highest BCUT2D eigenvalue weighted by Crippen LogP contribution is 2.56. The number of phenolic OH excluding ortho intramolecular Hbond substituents is 1. The monoisotopic (exact) mass is 508 g/mol. The zero-order chi connectivity index (χ0) is 26.3. The van der Waals surface area contributed by atoms with Gasteiger partial charge in [-0.25, -0.2) is 0 Å². The predicted molar refractivity (Wildman–Crippen MR) is 146 cm³/mol. The van der Waals surface area contributed by atoms with Gasteiger partial charge in [-0.3, -0.25) is 4.79 Å². The Labute approximate surface area is 222 Å². The molecule has 3 unspecified atom stereocenters. The second-order valence-corrected chi connectivity index (χ2v) is 10.8. The first kappa shape index (κ1) is 27.7. The SMILES string of the molecule is CCCCCCCCC(=O)c1cccc2c1C(O)C(CCCCCCC)C1(OCc3c(O)cccc31)O2. The lowest BCUT2D eigenvalue weighted by Gasteiger charge is -2.45. The number of hydrogen-bond donors (Lipinski definition) is 2. The van der Waals surface area contributed by atoms with E-state index < -0.39 is 11.9 Å². The Kier molecular flexibility index (Phi) is 9.66. The number of aromatic hydroxyl groups is 1. The second-order valence-electron chi connectivity index (χ2n) is 10.8. The van der Waals surface area contributed by atoms with Crippen LogP contribution < -0.4 is 4.74 Å². The van der Waals surface area contributed by atoms with Crippen LogP contribution in [0.2, 0.25) is 0 Å². The first-order valence-corrected chi connectivity index (χ1v) is 14.5. The molecular weight excluding hydrogens is 464 g/mol. The number of unbranched alkanes of at least 4 members (excludes halogenated alkanes) is 9. The summed E-state index contributed by atoms with van der Waals surface area (Å²) in [5.74, 6) is -0.806. The van der Waals surface area contributed by atoms with Crippen LogP contribution in [0.25, 0.3) is 0 Å². The molecule has 0 amide bonds. The lowest BCUT2D eigenvalue weighted by Crippen LogP contribution is -2.47. The number of fused-ring (bicyclic) bond motifs is 3. The van der Waals surface area contributed by atoms with E-state index in [1.54, 1.807) is 12.1 Å². The van der Waals surface area contributed by atoms with E-state index in [4.69, 9.17) is 9.47 Å². The summed E-state index contributed by atoms with van der Waals surface area (Å²) in [5, 5.41) is 22.4. The molecule has 0 saturated heterocycles. The summed E-state index contributed by atoms with van der Waals surface area (Å²) in [6, 6.07) is 10.9. The lowest BCUT2D eigenvalue weighted by atomic mass is 9.76. The van der Waals surface area contributed by atoms with Crippen LogP contribution in [0.1, 0.15) is 130 Å². The molecule has 2 aliphatic heterocycles. The molecule has 0 saturated carbocycles. The number of Topliss-reactive ketones (excluding diaryl/α,β-unsaturated/α-hetero) is 1. The fraction of sp³-hybridized carbons (Fsp3) is 0.594. The molecule has 0 bridgehead atoms. The summed E-state index contributed by atoms with van der Waals surface area (Å²) in [6.45, 7) is 4.63. The summed E-state index contributed by atoms with van der Waals surface area (Å²) in [4.78, 5) is 13.3. The van der Waals surface area contributed by atoms with E-state index in [2.05, 4.69) is 13.8 Å². The van der Waals surface area contributed by atoms with E-state index in [0.717, 1.165) is 44.1 Å². The second kappa shape index (κ2) is 12.9. The minimum Gasteiger partial charge on any atom is -0.508 e. The molecule has 0 aliphatic carbocycles. The van der Waals surface area contributed by atoms with Crippen molar-refractivity contribution in [3.05, 3.63) is 58.7 Å². The van der Waals surface area contributed by atoms with E-state index >= 15 is 0 Å². The number of rotatable bonds is 14. The molecule has 202 valence electrons. The van der Waals surface area contributed by atoms with E-state index in [1.807, 2.05) is 24.3 Å². The maximum atomic E-state index is 13.3. The number of ether oxygens (including phenoxy) is 2. The molecule has 2 heterocycles. The number of hydrogen-bond acceptors (Lipinski definition) is 5. The number of carbonyl (C=O) groups excluding carboxylic acids is 1. The molecule has 0 radical (unpaired) electrons. The minimum absolute atomic E-state index is 0.0676. The molecule has 2 N–H and O–H groups in total. The van der Waals surface area contributed by atoms with Crippen LogP contribution in [0.15, 0.2) is 36.4 Å². The maximum absolute atomic E-state index is 13.3. The van der Waals surface area contributed by atoms with Gasteiger partial charge in [0, 0.05) is 28.7 Å². The van der Waals surface area contributed by atoms with Crippen LogP contribution >= 0.6 is 0 Å². The Morgan fingerprint density at radius 3 is 2.35 bits per heavy atom. The van der Waals surface area contributed by atoms with Crippen LogP contribution in [-0.4, -0.2) is 16.0 Å². The number of phenols is 1. The highest BCUT2D eigenvalue weighted by Gasteiger charge is 2.56. The average Bonchev–Trinajstić information content (AvgIpc) is 3.26. The molecule has 4 rings (SSSR count). The summed E-state index contributed by atoms with van der Waals surface area (Å²) in [5.41, 5.74) is 2.65. The van der Waals surface area contributed by atoms with Gasteiger partial charge in [-0.2, -0.15) is 0 Å². The zero-order valence-electron chi connectivity index (χ0n) is 22.6. The van der Waals surface area contributed by atoms with Crippen LogP contribution in [0, 0.1) is 5.92 Å². The van der Waals surface area contributed by atoms with Gasteiger partial charge in [0.1, 0.15) is 11.5 Å². The van der Waals surface area contributed by atoms with Gasteiger partial charge in [-0.15, -0.1) is 0 Å². The van der Waals surface area contributed by atoms with Crippen LogP contribution in [0.5, 0.6) is 11.5 Å². The fourth-order valence-corrected chi connectivity index (χ4v) is 6.05. The Hall–Kier alpha value is -2.37. The van der Waals surface area contributed by atoms with Crippen LogP contribution in [0.3, 0.4) is 0 Å². The molecule has 0 fully saturated rings. The Morgan fingerprint density at radius 1 is 0.919 bits per heavy atom. The third-order valence-electron chi connectivity index (χ3n) is 8.13. The van der Waals surface area contributed by atoms with Crippen molar-refractivity contribution in [3.8, 4) is 11.5 Å². The topological polar surface area (TPSA) is 76.0 Å². The zero-order valence-corrected chi connectivity index (χ0v) is 22.6. The molecule has 3 atom stereocenters. The van der Waals surface area contributed by atoms with E-state index in [9.17, 15) is 15.0 Å². The van der Waals surface area contributed by atoms with Gasteiger partial charge >= 0.3 is 0 Å². The van der Waals surface area contributed by atoms with Gasteiger partial charge in [-0.1, -0.05) is 102 Å². The molecule has 2 aliphatic rings. The highest BCUT2D eigenvalue weighted by atomic mass is 16.7. The largest absolute Gasteiger partial charge is 0.508 e. The number of aliphatic hydroxyl groups excluding tert-OH is 1. The average molecular weight is 509 g/mol. The maximum Gasteiger partial charge on any atom is 0.243 e. The summed E-state index contributed by atoms with van der Waals surface area (Å²) in [6.07, 6.45) is 12.6. The van der Waals surface area contributed by atoms with Crippen molar-refractivity contribution >= 4 is 5.78 Å². The van der Waals surface area contributed by atoms with Crippen molar-refractivity contribution in [3.63, 3.8) is 0 Å². The van der Waals surface area contributed by atoms with Gasteiger partial charge < -0.3 is 19.7 Å². The Balaban J connectivity index is 1.60. The lowest BCUT2D eigenvalue weighted by molar-refractivity contribution is -0.251. The third kappa shape index (κ3) is 5.88. The van der Waals surface area contributed by atoms with Gasteiger partial charge in [-0.05, 0) is 25.0 Å². The van der Waals surface area contributed by atoms with Crippen molar-refractivity contribution in [2.24, 2.45) is 5.92 Å². The van der Waals surface area contributed by atoms with Gasteiger partial charge in [0.25, 0.3) is 0 Å². The standard InChI is InChI=1S/C32H44O5/c1-3-5-7-9-11-13-19-27(33)23-16-14-21-29-30(23)31(35)26(17-12-10-8-6-4-2)32(37-29)25-18-15-20-28(34)24(25)22-36-32/h14-16,18,20-21,26,31,34-35H,3-13,17,19,22H2,1-2H3. The molecule has 0 aromatic heterocycles. The molecule has 5 nitrogen and oxygen atoms in total. The van der Waals surface area contributed by atoms with E-state index in [1.165, 1.54) is 32.1 Å². The number of aliphatic hydroxyl groups is 1. The first-order chi connectivity index (χ1) is 18.0. The quantitative estimate of drug-likeness (QED) is 0.199. The van der Waals surface area contributed by atoms with Crippen molar-refractivity contribution in [1.82, 2.24) is 0 Å². The minimum atomic E-state index is -1.17. The van der Waals surface area contributed by atoms with E-state index in [0.29, 0.717) is 35.3 Å². The Morgan fingerprint density at radius 2 is 1.59 bits per heavy atom. The van der Waals surface area contributed by atoms with Crippen molar-refractivity contribution in [2.45, 2.75) is 116 Å². The molecule has 1 spiro atoms. The summed E-state index contributed by atoms with van der Waals surface area (Å²) in [7, 11) is 0. The summed E-state index contributed by atoms with van der Waals surface area (Å²) < 4.78 is 13.0. The predicted octanol–water partition coefficient (Wildman–Crippen LogP) is 8.11. The number of ketones is 1. The van der Waals surface area contributed by atoms with Gasteiger partial charge in [0.15, 0.2) is 5.78 Å². The normalized spacial score (nSPS) is 22.0. The first-order valence-electron chi connectivity index (χ1n) is 14.5. The molecular formula is C32H44O5. The van der Waals surface area contributed by atoms with Gasteiger partial charge in [0.05, 0.1) is 18.6 Å². The van der Waals surface area contributed by atoms with Crippen molar-refractivity contribution in [1.29, 1.82) is 0 Å². The molecule has 2 aromatic rings. The highest BCUT2D eigenvalue weighted by molar-refractivity contribution is 5.98. The van der Waals surface area contributed by atoms with Crippen molar-refractivity contribution < 1.29 is 24.5 Å². The Bertz CT molecular complexity index is 1050. The smallest absolute Gasteiger partial charge is 0.243 e. The van der Waals surface area contributed by atoms with Gasteiger partial charge in [0.2, 0.25) is 5.79 Å².